The number of amides is 1. The standard InChI is InChI=1S/C21H23BrN2O3S/c22-18-9-5-16(6-10-18)20(15-3-1-4-15)23-21(25)17-7-11-19(12-8-17)24-13-2-14-28(24,26)27/h5-12,15,20H,1-4,13-14H2,(H,23,25). The minimum atomic E-state index is -3.21. The molecule has 1 aliphatic carbocycles. The maximum Gasteiger partial charge on any atom is 0.251 e. The monoisotopic (exact) mass is 462 g/mol. The molecule has 0 bridgehead atoms. The molecule has 5 nitrogen and oxygen atoms in total. The zero-order chi connectivity index (χ0) is 19.7. The maximum absolute atomic E-state index is 12.8. The molecule has 7 heteroatoms. The molecule has 1 saturated carbocycles. The SMILES string of the molecule is O=C(NC(c1ccc(Br)cc1)C1CCC1)c1ccc(N2CCCS2(=O)=O)cc1. The first-order valence-electron chi connectivity index (χ1n) is 9.61. The van der Waals surface area contributed by atoms with Crippen LogP contribution >= 0.6 is 15.9 Å². The number of rotatable bonds is 5. The molecular formula is C21H23BrN2O3S. The van der Waals surface area contributed by atoms with Gasteiger partial charge >= 0.3 is 0 Å². The van der Waals surface area contributed by atoms with Crippen LogP contribution in [-0.2, 0) is 10.0 Å². The van der Waals surface area contributed by atoms with Crippen LogP contribution in [0.15, 0.2) is 53.0 Å². The first kappa shape index (κ1) is 19.5. The average molecular weight is 463 g/mol. The van der Waals surface area contributed by atoms with Gasteiger partial charge in [-0.3, -0.25) is 9.10 Å². The quantitative estimate of drug-likeness (QED) is 0.721. The van der Waals surface area contributed by atoms with Gasteiger partial charge in [-0.1, -0.05) is 34.5 Å². The number of nitrogens with one attached hydrogen (secondary N) is 1. The number of sulfonamides is 1. The van der Waals surface area contributed by atoms with Crippen molar-refractivity contribution in [1.82, 2.24) is 5.32 Å². The zero-order valence-electron chi connectivity index (χ0n) is 15.5. The lowest BCUT2D eigenvalue weighted by molar-refractivity contribution is 0.0900. The van der Waals surface area contributed by atoms with Crippen molar-refractivity contribution in [3.63, 3.8) is 0 Å². The van der Waals surface area contributed by atoms with Crippen LogP contribution in [0.1, 0.15) is 47.6 Å². The van der Waals surface area contributed by atoms with E-state index in [1.54, 1.807) is 24.3 Å². The van der Waals surface area contributed by atoms with E-state index in [2.05, 4.69) is 33.4 Å². The van der Waals surface area contributed by atoms with Gasteiger partial charge in [-0.2, -0.15) is 0 Å². The molecule has 1 atom stereocenters. The van der Waals surface area contributed by atoms with E-state index in [9.17, 15) is 13.2 Å². The predicted octanol–water partition coefficient (Wildman–Crippen LogP) is 4.26. The Labute approximate surface area is 174 Å². The Bertz CT molecular complexity index is 954. The van der Waals surface area contributed by atoms with Crippen molar-refractivity contribution >= 4 is 37.5 Å². The van der Waals surface area contributed by atoms with Gasteiger partial charge in [-0.15, -0.1) is 0 Å². The first-order valence-corrected chi connectivity index (χ1v) is 12.0. The molecule has 2 fully saturated rings. The summed E-state index contributed by atoms with van der Waals surface area (Å²) in [4.78, 5) is 12.8. The number of anilines is 1. The third-order valence-corrected chi connectivity index (χ3v) is 8.05. The minimum absolute atomic E-state index is 0.00649. The van der Waals surface area contributed by atoms with Crippen molar-refractivity contribution in [3.05, 3.63) is 64.1 Å². The van der Waals surface area contributed by atoms with E-state index in [0.717, 1.165) is 22.9 Å². The summed E-state index contributed by atoms with van der Waals surface area (Å²) in [5.74, 6) is 0.515. The molecule has 0 radical (unpaired) electrons. The van der Waals surface area contributed by atoms with Gasteiger partial charge in [0.15, 0.2) is 0 Å². The number of carbonyl (C=O) groups excluding carboxylic acids is 1. The second-order valence-electron chi connectivity index (χ2n) is 7.48. The molecule has 2 aromatic rings. The van der Waals surface area contributed by atoms with Crippen LogP contribution in [0.25, 0.3) is 0 Å². The van der Waals surface area contributed by atoms with E-state index in [1.807, 2.05) is 12.1 Å². The van der Waals surface area contributed by atoms with E-state index in [0.29, 0.717) is 30.1 Å². The first-order chi connectivity index (χ1) is 13.4. The van der Waals surface area contributed by atoms with Crippen LogP contribution in [0, 0.1) is 5.92 Å². The summed E-state index contributed by atoms with van der Waals surface area (Å²) in [6, 6.07) is 14.9. The van der Waals surface area contributed by atoms with Gasteiger partial charge in [0.1, 0.15) is 0 Å². The fourth-order valence-corrected chi connectivity index (χ4v) is 5.68. The summed E-state index contributed by atoms with van der Waals surface area (Å²) in [5.41, 5.74) is 2.28. The van der Waals surface area contributed by atoms with Crippen LogP contribution in [0.4, 0.5) is 5.69 Å². The fourth-order valence-electron chi connectivity index (χ4n) is 3.85. The molecule has 0 aromatic heterocycles. The summed E-state index contributed by atoms with van der Waals surface area (Å²) in [6.45, 7) is 0.501. The Hall–Kier alpha value is -1.86. The lowest BCUT2D eigenvalue weighted by Crippen LogP contribution is -2.36. The number of benzene rings is 2. The molecule has 1 aliphatic heterocycles. The van der Waals surface area contributed by atoms with E-state index >= 15 is 0 Å². The van der Waals surface area contributed by atoms with Crippen LogP contribution in [0.3, 0.4) is 0 Å². The van der Waals surface area contributed by atoms with Gasteiger partial charge in [0.2, 0.25) is 10.0 Å². The predicted molar refractivity (Wildman–Crippen MR) is 114 cm³/mol. The highest BCUT2D eigenvalue weighted by Gasteiger charge is 2.31. The Morgan fingerprint density at radius 2 is 1.71 bits per heavy atom. The molecule has 1 amide bonds. The Morgan fingerprint density at radius 1 is 1.04 bits per heavy atom. The van der Waals surface area contributed by atoms with Gasteiger partial charge in [-0.25, -0.2) is 8.42 Å². The van der Waals surface area contributed by atoms with Crippen molar-refractivity contribution in [2.24, 2.45) is 5.92 Å². The molecule has 1 unspecified atom stereocenters. The molecule has 2 aromatic carbocycles. The molecule has 0 spiro atoms. The summed E-state index contributed by atoms with van der Waals surface area (Å²) < 4.78 is 26.6. The van der Waals surface area contributed by atoms with E-state index in [-0.39, 0.29) is 17.7 Å². The van der Waals surface area contributed by atoms with Gasteiger partial charge < -0.3 is 5.32 Å². The summed E-state index contributed by atoms with van der Waals surface area (Å²) in [5, 5.41) is 3.19. The van der Waals surface area contributed by atoms with Crippen LogP contribution in [0.2, 0.25) is 0 Å². The lowest BCUT2D eigenvalue weighted by atomic mass is 9.77. The smallest absolute Gasteiger partial charge is 0.251 e. The maximum atomic E-state index is 12.8. The minimum Gasteiger partial charge on any atom is -0.345 e. The number of halogens is 1. The Kier molecular flexibility index (Phi) is 5.47. The van der Waals surface area contributed by atoms with Gasteiger partial charge in [-0.05, 0) is 67.1 Å². The second-order valence-corrected chi connectivity index (χ2v) is 10.4. The van der Waals surface area contributed by atoms with Crippen LogP contribution in [-0.4, -0.2) is 26.6 Å². The lowest BCUT2D eigenvalue weighted by Gasteiger charge is -2.34. The highest BCUT2D eigenvalue weighted by atomic mass is 79.9. The molecule has 1 heterocycles. The molecule has 28 heavy (non-hydrogen) atoms. The highest BCUT2D eigenvalue weighted by Crippen LogP contribution is 2.38. The fraction of sp³-hybridized carbons (Fsp3) is 0.381. The summed E-state index contributed by atoms with van der Waals surface area (Å²) in [6.07, 6.45) is 4.08. The summed E-state index contributed by atoms with van der Waals surface area (Å²) >= 11 is 3.46. The van der Waals surface area contributed by atoms with Crippen LogP contribution in [0.5, 0.6) is 0 Å². The molecule has 4 rings (SSSR count). The van der Waals surface area contributed by atoms with Crippen molar-refractivity contribution in [2.75, 3.05) is 16.6 Å². The third kappa shape index (κ3) is 3.96. The van der Waals surface area contributed by atoms with Crippen molar-refractivity contribution < 1.29 is 13.2 Å². The summed E-state index contributed by atoms with van der Waals surface area (Å²) in [7, 11) is -3.21. The average Bonchev–Trinajstić information content (AvgIpc) is 2.99. The van der Waals surface area contributed by atoms with Gasteiger partial charge in [0.05, 0.1) is 17.5 Å². The molecule has 1 saturated heterocycles. The van der Waals surface area contributed by atoms with Crippen molar-refractivity contribution in [2.45, 2.75) is 31.7 Å². The van der Waals surface area contributed by atoms with Gasteiger partial charge in [0, 0.05) is 16.6 Å². The number of hydrogen-bond donors (Lipinski definition) is 1. The normalized spacial score (nSPS) is 19.8. The molecule has 148 valence electrons. The number of hydrogen-bond acceptors (Lipinski definition) is 3. The van der Waals surface area contributed by atoms with Crippen molar-refractivity contribution in [3.8, 4) is 0 Å². The van der Waals surface area contributed by atoms with E-state index < -0.39 is 10.0 Å². The van der Waals surface area contributed by atoms with Crippen LogP contribution < -0.4 is 9.62 Å². The molecular weight excluding hydrogens is 440 g/mol. The number of nitrogens with zero attached hydrogens (tertiary/aromatic N) is 1. The molecule has 2 aliphatic rings. The second kappa shape index (κ2) is 7.87. The third-order valence-electron chi connectivity index (χ3n) is 5.65. The topological polar surface area (TPSA) is 66.5 Å². The number of carbonyl (C=O) groups is 1. The molecule has 1 N–H and O–H groups in total. The Balaban J connectivity index is 1.50. The van der Waals surface area contributed by atoms with E-state index in [4.69, 9.17) is 0 Å². The van der Waals surface area contributed by atoms with E-state index in [1.165, 1.54) is 10.7 Å². The Morgan fingerprint density at radius 3 is 2.25 bits per heavy atom. The largest absolute Gasteiger partial charge is 0.345 e. The van der Waals surface area contributed by atoms with Crippen molar-refractivity contribution in [1.29, 1.82) is 0 Å². The van der Waals surface area contributed by atoms with Gasteiger partial charge in [0.25, 0.3) is 5.91 Å². The highest BCUT2D eigenvalue weighted by molar-refractivity contribution is 9.10. The zero-order valence-corrected chi connectivity index (χ0v) is 17.9.